The highest BCUT2D eigenvalue weighted by molar-refractivity contribution is 5.92. The topological polar surface area (TPSA) is 94.1 Å². The van der Waals surface area contributed by atoms with Gasteiger partial charge >= 0.3 is 12.1 Å². The van der Waals surface area contributed by atoms with Gasteiger partial charge in [-0.2, -0.15) is 0 Å². The molecule has 2 rings (SSSR count). The summed E-state index contributed by atoms with van der Waals surface area (Å²) in [6.07, 6.45) is 0.239. The number of alkyl carbamates (subject to hydrolysis) is 1. The molecule has 0 spiro atoms. The molecule has 0 bridgehead atoms. The van der Waals surface area contributed by atoms with Crippen molar-refractivity contribution in [1.29, 1.82) is 0 Å². The van der Waals surface area contributed by atoms with E-state index in [1.54, 1.807) is 36.4 Å². The highest BCUT2D eigenvalue weighted by atomic mass is 16.5. The number of hydrogen-bond donors (Lipinski definition) is 2. The number of carbonyl (C=O) groups is 2. The molecule has 0 unspecified atom stereocenters. The predicted molar refractivity (Wildman–Crippen MR) is 94.9 cm³/mol. The fourth-order valence-electron chi connectivity index (χ4n) is 2.17. The number of hydrogen-bond acceptors (Lipinski definition) is 5. The zero-order valence-electron chi connectivity index (χ0n) is 14.7. The third-order valence-corrected chi connectivity index (χ3v) is 3.43. The Hall–Kier alpha value is -3.22. The lowest BCUT2D eigenvalue weighted by Gasteiger charge is -2.14. The zero-order valence-corrected chi connectivity index (χ0v) is 14.7. The van der Waals surface area contributed by atoms with E-state index >= 15 is 0 Å². The van der Waals surface area contributed by atoms with Gasteiger partial charge in [-0.3, -0.25) is 0 Å². The van der Waals surface area contributed by atoms with E-state index in [4.69, 9.17) is 9.47 Å². The number of methoxy groups -OCH3 is 1. The molecule has 0 atom stereocenters. The van der Waals surface area contributed by atoms with Crippen LogP contribution in [0, 0.1) is 0 Å². The van der Waals surface area contributed by atoms with E-state index in [9.17, 15) is 14.7 Å². The molecule has 0 radical (unpaired) electrons. The van der Waals surface area contributed by atoms with E-state index in [1.165, 1.54) is 13.2 Å². The van der Waals surface area contributed by atoms with Crippen LogP contribution in [0.1, 0.15) is 29.3 Å². The van der Waals surface area contributed by atoms with Gasteiger partial charge in [0, 0.05) is 6.54 Å². The van der Waals surface area contributed by atoms with Crippen LogP contribution in [0.5, 0.6) is 17.2 Å². The summed E-state index contributed by atoms with van der Waals surface area (Å²) in [7, 11) is 1.30. The largest absolute Gasteiger partial charge is 0.489 e. The summed E-state index contributed by atoms with van der Waals surface area (Å²) in [5.74, 6) is -0.0152. The predicted octanol–water partition coefficient (Wildman–Crippen LogP) is 3.82. The third kappa shape index (κ3) is 5.14. The van der Waals surface area contributed by atoms with Crippen LogP contribution in [0.25, 0.3) is 0 Å². The molecule has 0 saturated carbocycles. The minimum absolute atomic E-state index is 0.0508. The van der Waals surface area contributed by atoms with E-state index < -0.39 is 12.1 Å². The lowest BCUT2D eigenvalue weighted by Crippen LogP contribution is -2.22. The number of nitrogens with one attached hydrogen (secondary N) is 1. The highest BCUT2D eigenvalue weighted by Crippen LogP contribution is 2.35. The van der Waals surface area contributed by atoms with Gasteiger partial charge in [0.1, 0.15) is 11.3 Å². The molecule has 0 fully saturated rings. The molecular formula is C19H21NO6. The van der Waals surface area contributed by atoms with E-state index in [2.05, 4.69) is 10.1 Å². The van der Waals surface area contributed by atoms with Crippen molar-refractivity contribution in [2.75, 3.05) is 13.7 Å². The zero-order chi connectivity index (χ0) is 18.9. The molecule has 0 aliphatic rings. The number of ether oxygens (including phenoxy) is 3. The monoisotopic (exact) mass is 359 g/mol. The van der Waals surface area contributed by atoms with Crippen molar-refractivity contribution in [3.05, 3.63) is 53.6 Å². The third-order valence-electron chi connectivity index (χ3n) is 3.43. The SMILES string of the molecule is CCCOc1c(Oc2ccc(CNC(=O)OC)cc2)cccc1C(=O)O. The highest BCUT2D eigenvalue weighted by Gasteiger charge is 2.17. The minimum Gasteiger partial charge on any atom is -0.489 e. The van der Waals surface area contributed by atoms with Crippen LogP contribution in [-0.4, -0.2) is 30.9 Å². The molecule has 0 aliphatic carbocycles. The lowest BCUT2D eigenvalue weighted by atomic mass is 10.2. The Morgan fingerprint density at radius 3 is 2.46 bits per heavy atom. The molecule has 7 heteroatoms. The van der Waals surface area contributed by atoms with Crippen LogP contribution in [-0.2, 0) is 11.3 Å². The van der Waals surface area contributed by atoms with Crippen molar-refractivity contribution in [3.63, 3.8) is 0 Å². The maximum Gasteiger partial charge on any atom is 0.407 e. The Kier molecular flexibility index (Phi) is 6.84. The first-order valence-electron chi connectivity index (χ1n) is 8.12. The molecule has 2 aromatic carbocycles. The molecule has 0 aromatic heterocycles. The molecule has 0 aliphatic heterocycles. The Labute approximate surface area is 151 Å². The molecular weight excluding hydrogens is 338 g/mol. The Morgan fingerprint density at radius 1 is 1.12 bits per heavy atom. The van der Waals surface area contributed by atoms with E-state index in [1.807, 2.05) is 6.92 Å². The van der Waals surface area contributed by atoms with Gasteiger partial charge in [-0.05, 0) is 36.2 Å². The van der Waals surface area contributed by atoms with Gasteiger partial charge < -0.3 is 24.6 Å². The van der Waals surface area contributed by atoms with Gasteiger partial charge in [0.2, 0.25) is 0 Å². The Balaban J connectivity index is 2.15. The molecule has 138 valence electrons. The van der Waals surface area contributed by atoms with Crippen molar-refractivity contribution < 1.29 is 28.9 Å². The minimum atomic E-state index is -1.08. The normalized spacial score (nSPS) is 10.1. The standard InChI is InChI=1S/C19H21NO6/c1-3-11-25-17-15(18(21)22)5-4-6-16(17)26-14-9-7-13(8-10-14)12-20-19(23)24-2/h4-10H,3,11-12H2,1-2H3,(H,20,23)(H,21,22). The van der Waals surface area contributed by atoms with Crippen LogP contribution >= 0.6 is 0 Å². The molecule has 2 aromatic rings. The van der Waals surface area contributed by atoms with Crippen LogP contribution in [0.15, 0.2) is 42.5 Å². The molecule has 0 heterocycles. The van der Waals surface area contributed by atoms with Gasteiger partial charge in [-0.25, -0.2) is 9.59 Å². The van der Waals surface area contributed by atoms with Crippen molar-refractivity contribution in [1.82, 2.24) is 5.32 Å². The van der Waals surface area contributed by atoms with E-state index in [0.717, 1.165) is 12.0 Å². The number of carboxylic acid groups (broad SMARTS) is 1. The van der Waals surface area contributed by atoms with Crippen LogP contribution in [0.2, 0.25) is 0 Å². The summed E-state index contributed by atoms with van der Waals surface area (Å²) in [5.41, 5.74) is 0.916. The molecule has 7 nitrogen and oxygen atoms in total. The first kappa shape index (κ1) is 19.1. The van der Waals surface area contributed by atoms with Gasteiger partial charge in [-0.15, -0.1) is 0 Å². The first-order chi connectivity index (χ1) is 12.5. The second kappa shape index (κ2) is 9.31. The Morgan fingerprint density at radius 2 is 1.85 bits per heavy atom. The van der Waals surface area contributed by atoms with Gasteiger partial charge in [0.25, 0.3) is 0 Å². The maximum absolute atomic E-state index is 11.4. The van der Waals surface area contributed by atoms with Gasteiger partial charge in [0.05, 0.1) is 13.7 Å². The number of aromatic carboxylic acids is 1. The number of para-hydroxylation sites is 1. The quantitative estimate of drug-likeness (QED) is 0.744. The fraction of sp³-hybridized carbons (Fsp3) is 0.263. The number of amides is 1. The number of benzene rings is 2. The molecule has 26 heavy (non-hydrogen) atoms. The first-order valence-corrected chi connectivity index (χ1v) is 8.12. The summed E-state index contributed by atoms with van der Waals surface area (Å²) in [5, 5.41) is 11.9. The van der Waals surface area contributed by atoms with Gasteiger partial charge in [-0.1, -0.05) is 25.1 Å². The average Bonchev–Trinajstić information content (AvgIpc) is 2.65. The molecule has 1 amide bonds. The average molecular weight is 359 g/mol. The smallest absolute Gasteiger partial charge is 0.407 e. The van der Waals surface area contributed by atoms with Crippen LogP contribution < -0.4 is 14.8 Å². The van der Waals surface area contributed by atoms with Crippen molar-refractivity contribution in [3.8, 4) is 17.2 Å². The van der Waals surface area contributed by atoms with Crippen molar-refractivity contribution in [2.45, 2.75) is 19.9 Å². The molecule has 0 saturated heterocycles. The summed E-state index contributed by atoms with van der Waals surface area (Å²) in [6.45, 7) is 2.65. The summed E-state index contributed by atoms with van der Waals surface area (Å²) < 4.78 is 15.9. The van der Waals surface area contributed by atoms with Gasteiger partial charge in [0.15, 0.2) is 11.5 Å². The summed E-state index contributed by atoms with van der Waals surface area (Å²) in [4.78, 5) is 22.5. The van der Waals surface area contributed by atoms with Crippen LogP contribution in [0.3, 0.4) is 0 Å². The van der Waals surface area contributed by atoms with E-state index in [-0.39, 0.29) is 11.3 Å². The number of carboxylic acids is 1. The number of rotatable bonds is 8. The summed E-state index contributed by atoms with van der Waals surface area (Å²) >= 11 is 0. The van der Waals surface area contributed by atoms with Crippen molar-refractivity contribution >= 4 is 12.1 Å². The number of carbonyl (C=O) groups excluding carboxylic acids is 1. The van der Waals surface area contributed by atoms with Crippen LogP contribution in [0.4, 0.5) is 4.79 Å². The fourth-order valence-corrected chi connectivity index (χ4v) is 2.17. The maximum atomic E-state index is 11.4. The summed E-state index contributed by atoms with van der Waals surface area (Å²) in [6, 6.07) is 11.8. The Bertz CT molecular complexity index is 757. The van der Waals surface area contributed by atoms with Crippen molar-refractivity contribution in [2.24, 2.45) is 0 Å². The molecule has 2 N–H and O–H groups in total. The lowest BCUT2D eigenvalue weighted by molar-refractivity contribution is 0.0691. The second-order valence-electron chi connectivity index (χ2n) is 5.38. The second-order valence-corrected chi connectivity index (χ2v) is 5.38. The van der Waals surface area contributed by atoms with E-state index in [0.29, 0.717) is 24.7 Å².